The summed E-state index contributed by atoms with van der Waals surface area (Å²) in [5.41, 5.74) is 1.61. The van der Waals surface area contributed by atoms with Gasteiger partial charge in [0.2, 0.25) is 0 Å². The van der Waals surface area contributed by atoms with E-state index in [4.69, 9.17) is 4.74 Å². The molecule has 0 unspecified atom stereocenters. The van der Waals surface area contributed by atoms with Gasteiger partial charge in [-0.3, -0.25) is 0 Å². The quantitative estimate of drug-likeness (QED) is 0.800. The minimum atomic E-state index is -0.322. The predicted molar refractivity (Wildman–Crippen MR) is 67.9 cm³/mol. The Hall–Kier alpha value is -0.870. The molecule has 1 saturated carbocycles. The van der Waals surface area contributed by atoms with E-state index in [0.29, 0.717) is 18.3 Å². The van der Waals surface area contributed by atoms with Crippen LogP contribution in [0.5, 0.6) is 0 Å². The lowest BCUT2D eigenvalue weighted by Gasteiger charge is -2.25. The zero-order valence-electron chi connectivity index (χ0n) is 9.74. The number of rotatable bonds is 4. The monoisotopic (exact) mass is 298 g/mol. The zero-order valence-corrected chi connectivity index (χ0v) is 11.3. The van der Waals surface area contributed by atoms with Crippen molar-refractivity contribution in [2.24, 2.45) is 0 Å². The molecule has 0 aliphatic heterocycles. The third-order valence-electron chi connectivity index (χ3n) is 3.00. The van der Waals surface area contributed by atoms with E-state index in [9.17, 15) is 4.79 Å². The minimum Gasteiger partial charge on any atom is -0.465 e. The fraction of sp³-hybridized carbons (Fsp3) is 0.462. The Bertz CT molecular complexity index is 413. The van der Waals surface area contributed by atoms with E-state index >= 15 is 0 Å². The Morgan fingerprint density at radius 1 is 1.47 bits per heavy atom. The van der Waals surface area contributed by atoms with Gasteiger partial charge in [-0.1, -0.05) is 22.0 Å². The fourth-order valence-electron chi connectivity index (χ4n) is 1.65. The number of hydrogen-bond acceptors (Lipinski definition) is 3. The topological polar surface area (TPSA) is 35.5 Å². The van der Waals surface area contributed by atoms with Crippen LogP contribution >= 0.6 is 15.9 Å². The van der Waals surface area contributed by atoms with Crippen LogP contribution in [0.1, 0.15) is 35.2 Å². The van der Waals surface area contributed by atoms with Crippen molar-refractivity contribution in [3.63, 3.8) is 0 Å². The van der Waals surface area contributed by atoms with Crippen LogP contribution in [0.2, 0.25) is 0 Å². The van der Waals surface area contributed by atoms with E-state index in [1.807, 2.05) is 6.07 Å². The SMILES string of the molecule is COC(=O)c1ccc(COC2CCC2)c(Br)c1. The number of carbonyl (C=O) groups is 1. The molecule has 0 N–H and O–H groups in total. The van der Waals surface area contributed by atoms with Crippen molar-refractivity contribution in [1.82, 2.24) is 0 Å². The second-order valence-corrected chi connectivity index (χ2v) is 5.02. The highest BCUT2D eigenvalue weighted by Gasteiger charge is 2.18. The van der Waals surface area contributed by atoms with E-state index in [2.05, 4.69) is 20.7 Å². The van der Waals surface area contributed by atoms with Crippen LogP contribution in [-0.4, -0.2) is 19.2 Å². The maximum absolute atomic E-state index is 11.3. The fourth-order valence-corrected chi connectivity index (χ4v) is 2.15. The van der Waals surface area contributed by atoms with Crippen molar-refractivity contribution in [3.8, 4) is 0 Å². The second kappa shape index (κ2) is 5.65. The number of hydrogen-bond donors (Lipinski definition) is 0. The molecule has 0 aromatic heterocycles. The van der Waals surface area contributed by atoms with Gasteiger partial charge in [0.25, 0.3) is 0 Å². The van der Waals surface area contributed by atoms with Gasteiger partial charge >= 0.3 is 5.97 Å². The third kappa shape index (κ3) is 3.07. The van der Waals surface area contributed by atoms with Gasteiger partial charge in [0.1, 0.15) is 0 Å². The summed E-state index contributed by atoms with van der Waals surface area (Å²) in [5.74, 6) is -0.322. The molecule has 0 bridgehead atoms. The Kier molecular flexibility index (Phi) is 4.18. The molecule has 0 radical (unpaired) electrons. The molecule has 0 heterocycles. The lowest BCUT2D eigenvalue weighted by molar-refractivity contribution is -0.00891. The van der Waals surface area contributed by atoms with Crippen LogP contribution in [0.3, 0.4) is 0 Å². The average Bonchev–Trinajstić information content (AvgIpc) is 2.28. The average molecular weight is 299 g/mol. The normalized spacial score (nSPS) is 15.4. The van der Waals surface area contributed by atoms with Gasteiger partial charge in [-0.05, 0) is 37.0 Å². The van der Waals surface area contributed by atoms with Crippen molar-refractivity contribution in [3.05, 3.63) is 33.8 Å². The van der Waals surface area contributed by atoms with Gasteiger partial charge in [-0.25, -0.2) is 4.79 Å². The van der Waals surface area contributed by atoms with Crippen LogP contribution < -0.4 is 0 Å². The largest absolute Gasteiger partial charge is 0.465 e. The van der Waals surface area contributed by atoms with Crippen LogP contribution in [-0.2, 0) is 16.1 Å². The van der Waals surface area contributed by atoms with Crippen molar-refractivity contribution in [2.45, 2.75) is 32.0 Å². The zero-order chi connectivity index (χ0) is 12.3. The molecule has 1 aromatic carbocycles. The smallest absolute Gasteiger partial charge is 0.337 e. The highest BCUT2D eigenvalue weighted by atomic mass is 79.9. The van der Waals surface area contributed by atoms with E-state index in [-0.39, 0.29) is 5.97 Å². The first-order valence-corrected chi connectivity index (χ1v) is 6.48. The van der Waals surface area contributed by atoms with Gasteiger partial charge in [-0.2, -0.15) is 0 Å². The summed E-state index contributed by atoms with van der Waals surface area (Å²) in [6, 6.07) is 5.43. The number of benzene rings is 1. The molecule has 0 amide bonds. The highest BCUT2D eigenvalue weighted by molar-refractivity contribution is 9.10. The molecule has 4 heteroatoms. The van der Waals surface area contributed by atoms with Crippen LogP contribution in [0.15, 0.2) is 22.7 Å². The minimum absolute atomic E-state index is 0.322. The van der Waals surface area contributed by atoms with Crippen LogP contribution in [0.25, 0.3) is 0 Å². The second-order valence-electron chi connectivity index (χ2n) is 4.16. The van der Waals surface area contributed by atoms with Gasteiger partial charge < -0.3 is 9.47 Å². The van der Waals surface area contributed by atoms with Gasteiger partial charge in [0, 0.05) is 4.47 Å². The van der Waals surface area contributed by atoms with E-state index in [1.165, 1.54) is 13.5 Å². The molecule has 1 aromatic rings. The van der Waals surface area contributed by atoms with Crippen LogP contribution in [0.4, 0.5) is 0 Å². The van der Waals surface area contributed by atoms with Crippen molar-refractivity contribution in [2.75, 3.05) is 7.11 Å². The third-order valence-corrected chi connectivity index (χ3v) is 3.74. The first-order valence-electron chi connectivity index (χ1n) is 5.69. The maximum Gasteiger partial charge on any atom is 0.337 e. The number of carbonyl (C=O) groups excluding carboxylic acids is 1. The van der Waals surface area contributed by atoms with E-state index in [1.54, 1.807) is 12.1 Å². The molecule has 1 fully saturated rings. The van der Waals surface area contributed by atoms with E-state index < -0.39 is 0 Å². The summed E-state index contributed by atoms with van der Waals surface area (Å²) >= 11 is 3.45. The van der Waals surface area contributed by atoms with Crippen molar-refractivity contribution >= 4 is 21.9 Å². The van der Waals surface area contributed by atoms with Gasteiger partial charge in [-0.15, -0.1) is 0 Å². The molecule has 0 spiro atoms. The molecule has 3 nitrogen and oxygen atoms in total. The Morgan fingerprint density at radius 2 is 2.24 bits per heavy atom. The number of esters is 1. The molecule has 17 heavy (non-hydrogen) atoms. The lowest BCUT2D eigenvalue weighted by atomic mass is 9.96. The van der Waals surface area contributed by atoms with Gasteiger partial charge in [0.05, 0.1) is 25.4 Å². The summed E-state index contributed by atoms with van der Waals surface area (Å²) < 4.78 is 11.3. The summed E-state index contributed by atoms with van der Waals surface area (Å²) in [4.78, 5) is 11.3. The van der Waals surface area contributed by atoms with Crippen molar-refractivity contribution in [1.29, 1.82) is 0 Å². The molecule has 1 aliphatic carbocycles. The first kappa shape index (κ1) is 12.6. The number of ether oxygens (including phenoxy) is 2. The first-order chi connectivity index (χ1) is 8.20. The van der Waals surface area contributed by atoms with Gasteiger partial charge in [0.15, 0.2) is 0 Å². The summed E-state index contributed by atoms with van der Waals surface area (Å²) in [6.45, 7) is 0.590. The predicted octanol–water partition coefficient (Wildman–Crippen LogP) is 3.30. The molecule has 92 valence electrons. The van der Waals surface area contributed by atoms with Crippen LogP contribution in [0, 0.1) is 0 Å². The Morgan fingerprint density at radius 3 is 2.76 bits per heavy atom. The van der Waals surface area contributed by atoms with E-state index in [0.717, 1.165) is 22.9 Å². The molecule has 0 atom stereocenters. The standard InChI is InChI=1S/C13H15BrO3/c1-16-13(15)9-5-6-10(12(14)7-9)8-17-11-3-2-4-11/h5-7,11H,2-4,8H2,1H3. The summed E-state index contributed by atoms with van der Waals surface area (Å²) in [5, 5.41) is 0. The number of halogens is 1. The summed E-state index contributed by atoms with van der Waals surface area (Å²) in [6.07, 6.45) is 4.02. The summed E-state index contributed by atoms with van der Waals surface area (Å²) in [7, 11) is 1.38. The maximum atomic E-state index is 11.3. The van der Waals surface area contributed by atoms with Crippen molar-refractivity contribution < 1.29 is 14.3 Å². The number of methoxy groups -OCH3 is 1. The molecular weight excluding hydrogens is 284 g/mol. The molecule has 0 saturated heterocycles. The molecule has 2 rings (SSSR count). The lowest BCUT2D eigenvalue weighted by Crippen LogP contribution is -2.21. The Labute approximate surface area is 109 Å². The molecule has 1 aliphatic rings. The highest BCUT2D eigenvalue weighted by Crippen LogP contribution is 2.25. The Balaban J connectivity index is 2.00. The molecular formula is C13H15BrO3.